The minimum atomic E-state index is -2.97. The van der Waals surface area contributed by atoms with E-state index in [1.807, 2.05) is 18.2 Å². The Labute approximate surface area is 207 Å². The van der Waals surface area contributed by atoms with E-state index in [1.54, 1.807) is 0 Å². The number of benzene rings is 1. The highest BCUT2D eigenvalue weighted by molar-refractivity contribution is 7.91. The number of H-pyrrole nitrogens is 1. The largest absolute Gasteiger partial charge is 0.326 e. The Morgan fingerprint density at radius 3 is 2.57 bits per heavy atom. The number of nitrogens with zero attached hydrogens (tertiary/aromatic N) is 3. The van der Waals surface area contributed by atoms with Crippen LogP contribution in [0.2, 0.25) is 0 Å². The van der Waals surface area contributed by atoms with Gasteiger partial charge in [0.1, 0.15) is 11.8 Å². The summed E-state index contributed by atoms with van der Waals surface area (Å²) >= 11 is 0. The number of aromatic amines is 1. The summed E-state index contributed by atoms with van der Waals surface area (Å²) < 4.78 is 23.9. The number of sulfone groups is 1. The average molecular weight is 496 g/mol. The molecule has 0 atom stereocenters. The summed E-state index contributed by atoms with van der Waals surface area (Å²) in [6.45, 7) is 9.76. The van der Waals surface area contributed by atoms with Crippen LogP contribution in [0.25, 0.3) is 5.57 Å². The maximum atomic E-state index is 12.9. The molecule has 1 aliphatic carbocycles. The predicted octanol–water partition coefficient (Wildman–Crippen LogP) is 4.09. The van der Waals surface area contributed by atoms with Gasteiger partial charge in [-0.25, -0.2) is 13.4 Å². The van der Waals surface area contributed by atoms with Crippen LogP contribution in [0.15, 0.2) is 30.5 Å². The highest BCUT2D eigenvalue weighted by atomic mass is 32.2. The van der Waals surface area contributed by atoms with Crippen LogP contribution < -0.4 is 5.32 Å². The molecule has 8 nitrogen and oxygen atoms in total. The molecule has 1 fully saturated rings. The highest BCUT2D eigenvalue weighted by Crippen LogP contribution is 2.41. The fraction of sp³-hybridized carbons (Fsp3) is 0.500. The molecule has 35 heavy (non-hydrogen) atoms. The van der Waals surface area contributed by atoms with Gasteiger partial charge in [0.05, 0.1) is 17.7 Å². The molecule has 186 valence electrons. The maximum Gasteiger partial charge on any atom is 0.291 e. The first-order valence-corrected chi connectivity index (χ1v) is 13.8. The van der Waals surface area contributed by atoms with Gasteiger partial charge in [0.15, 0.2) is 15.7 Å². The van der Waals surface area contributed by atoms with Gasteiger partial charge in [0, 0.05) is 29.9 Å². The number of carbonyl (C=O) groups is 1. The van der Waals surface area contributed by atoms with Crippen LogP contribution in [0.4, 0.5) is 5.69 Å². The highest BCUT2D eigenvalue weighted by Gasteiger charge is 2.34. The van der Waals surface area contributed by atoms with Crippen molar-refractivity contribution in [3.05, 3.63) is 53.1 Å². The third-order valence-corrected chi connectivity index (χ3v) is 8.95. The fourth-order valence-electron chi connectivity index (χ4n) is 4.75. The lowest BCUT2D eigenvalue weighted by Gasteiger charge is -2.41. The molecule has 1 aromatic carbocycles. The first-order chi connectivity index (χ1) is 16.4. The zero-order chi connectivity index (χ0) is 25.4. The number of nitrogens with one attached hydrogen (secondary N) is 2. The Hall–Kier alpha value is -2.96. The number of aromatic nitrogens is 2. The lowest BCUT2D eigenvalue weighted by Crippen LogP contribution is -2.49. The maximum absolute atomic E-state index is 12.9. The molecule has 2 aliphatic rings. The van der Waals surface area contributed by atoms with Crippen LogP contribution in [0.5, 0.6) is 0 Å². The van der Waals surface area contributed by atoms with Crippen LogP contribution >= 0.6 is 0 Å². The van der Waals surface area contributed by atoms with Gasteiger partial charge in [-0.2, -0.15) is 5.26 Å². The molecule has 1 amide bonds. The minimum Gasteiger partial charge on any atom is -0.326 e. The molecule has 0 unspecified atom stereocenters. The summed E-state index contributed by atoms with van der Waals surface area (Å²) in [6, 6.07) is 7.99. The van der Waals surface area contributed by atoms with Crippen molar-refractivity contribution in [1.82, 2.24) is 14.9 Å². The summed E-state index contributed by atoms with van der Waals surface area (Å²) in [6.07, 6.45) is 6.51. The Morgan fingerprint density at radius 1 is 1.26 bits per heavy atom. The van der Waals surface area contributed by atoms with Crippen LogP contribution in [-0.2, 0) is 15.4 Å². The third kappa shape index (κ3) is 5.49. The quantitative estimate of drug-likeness (QED) is 0.645. The zero-order valence-corrected chi connectivity index (χ0v) is 21.6. The van der Waals surface area contributed by atoms with Crippen molar-refractivity contribution in [2.75, 3.05) is 29.9 Å². The van der Waals surface area contributed by atoms with E-state index in [1.165, 1.54) is 11.8 Å². The van der Waals surface area contributed by atoms with Gasteiger partial charge < -0.3 is 10.3 Å². The van der Waals surface area contributed by atoms with Crippen molar-refractivity contribution in [3.8, 4) is 6.07 Å². The minimum absolute atomic E-state index is 0.0881. The Kier molecular flexibility index (Phi) is 6.64. The number of carbonyl (C=O) groups excluding carboxylic acids is 1. The SMILES string of the molecule is CC1(C)CC=C(c2cc(C(C)(C)N3CCS(=O)(=O)CC3)ccc2NC(=O)c2ncc(C#N)[nH]2)CC1. The first kappa shape index (κ1) is 25.1. The van der Waals surface area contributed by atoms with Crippen molar-refractivity contribution >= 4 is 27.0 Å². The second-order valence-electron chi connectivity index (χ2n) is 10.8. The van der Waals surface area contributed by atoms with E-state index in [4.69, 9.17) is 5.26 Å². The molecule has 0 bridgehead atoms. The van der Waals surface area contributed by atoms with Gasteiger partial charge in [-0.15, -0.1) is 0 Å². The van der Waals surface area contributed by atoms with Crippen molar-refractivity contribution in [3.63, 3.8) is 0 Å². The molecular formula is C26H33N5O3S. The monoisotopic (exact) mass is 495 g/mol. The molecule has 9 heteroatoms. The Balaban J connectivity index is 1.68. The average Bonchev–Trinajstić information content (AvgIpc) is 3.29. The zero-order valence-electron chi connectivity index (χ0n) is 20.8. The van der Waals surface area contributed by atoms with Crippen LogP contribution in [0, 0.1) is 16.7 Å². The fourth-order valence-corrected chi connectivity index (χ4v) is 5.95. The molecule has 0 radical (unpaired) electrons. The van der Waals surface area contributed by atoms with Crippen LogP contribution in [0.1, 0.15) is 74.4 Å². The number of imidazole rings is 1. The second-order valence-corrected chi connectivity index (χ2v) is 13.1. The van der Waals surface area contributed by atoms with E-state index in [9.17, 15) is 13.2 Å². The number of hydrogen-bond donors (Lipinski definition) is 2. The van der Waals surface area contributed by atoms with Gasteiger partial charge in [0.25, 0.3) is 5.91 Å². The van der Waals surface area contributed by atoms with Gasteiger partial charge >= 0.3 is 0 Å². The summed E-state index contributed by atoms with van der Waals surface area (Å²) in [5, 5.41) is 12.0. The number of hydrogen-bond acceptors (Lipinski definition) is 6. The van der Waals surface area contributed by atoms with E-state index >= 15 is 0 Å². The van der Waals surface area contributed by atoms with E-state index in [0.717, 1.165) is 30.4 Å². The molecule has 2 aromatic rings. The number of amides is 1. The Bertz CT molecular complexity index is 1300. The van der Waals surface area contributed by atoms with E-state index in [0.29, 0.717) is 18.8 Å². The number of anilines is 1. The topological polar surface area (TPSA) is 119 Å². The predicted molar refractivity (Wildman–Crippen MR) is 137 cm³/mol. The molecule has 4 rings (SSSR count). The van der Waals surface area contributed by atoms with Crippen LogP contribution in [0.3, 0.4) is 0 Å². The smallest absolute Gasteiger partial charge is 0.291 e. The number of rotatable bonds is 5. The third-order valence-electron chi connectivity index (χ3n) is 7.34. The molecule has 1 saturated heterocycles. The summed E-state index contributed by atoms with van der Waals surface area (Å²) in [7, 11) is -2.97. The summed E-state index contributed by atoms with van der Waals surface area (Å²) in [4.78, 5) is 21.8. The van der Waals surface area contributed by atoms with Gasteiger partial charge in [-0.05, 0) is 61.8 Å². The standard InChI is InChI=1S/C26H33N5O3S/c1-25(2)9-7-18(8-10-25)21-15-19(26(3,4)31-11-13-35(33,34)14-12-31)5-6-22(21)30-24(32)23-28-17-20(16-27)29-23/h5-7,15,17H,8-14H2,1-4H3,(H,28,29)(H,30,32). The van der Waals surface area contributed by atoms with E-state index < -0.39 is 15.7 Å². The Morgan fingerprint density at radius 2 is 1.97 bits per heavy atom. The van der Waals surface area contributed by atoms with E-state index in [2.05, 4.69) is 60.0 Å². The molecule has 0 spiro atoms. The van der Waals surface area contributed by atoms with Gasteiger partial charge in [0.2, 0.25) is 0 Å². The molecule has 1 aromatic heterocycles. The lowest BCUT2D eigenvalue weighted by molar-refractivity contribution is 0.101. The van der Waals surface area contributed by atoms with Crippen molar-refractivity contribution in [2.45, 2.75) is 52.5 Å². The van der Waals surface area contributed by atoms with Gasteiger partial charge in [-0.1, -0.05) is 26.0 Å². The second kappa shape index (κ2) is 9.25. The normalized spacial score (nSPS) is 20.0. The molecular weight excluding hydrogens is 462 g/mol. The first-order valence-electron chi connectivity index (χ1n) is 12.0. The van der Waals surface area contributed by atoms with Crippen molar-refractivity contribution < 1.29 is 13.2 Å². The lowest BCUT2D eigenvalue weighted by atomic mass is 9.76. The number of nitriles is 1. The molecule has 0 saturated carbocycles. The summed E-state index contributed by atoms with van der Waals surface area (Å²) in [5.74, 6) is 0.0275. The van der Waals surface area contributed by atoms with Crippen molar-refractivity contribution in [2.24, 2.45) is 5.41 Å². The van der Waals surface area contributed by atoms with Gasteiger partial charge in [-0.3, -0.25) is 9.69 Å². The van der Waals surface area contributed by atoms with Crippen LogP contribution in [-0.4, -0.2) is 53.8 Å². The number of allylic oxidation sites excluding steroid dienone is 2. The molecule has 1 aliphatic heterocycles. The van der Waals surface area contributed by atoms with E-state index in [-0.39, 0.29) is 34.0 Å². The molecule has 2 N–H and O–H groups in total. The van der Waals surface area contributed by atoms with Crippen molar-refractivity contribution in [1.29, 1.82) is 5.26 Å². The summed E-state index contributed by atoms with van der Waals surface area (Å²) in [5.41, 5.74) is 4.02. The molecule has 2 heterocycles.